The molecule has 2 heterocycles. The molecule has 0 unspecified atom stereocenters. The van der Waals surface area contributed by atoms with Crippen LogP contribution in [0, 0.1) is 17.0 Å². The van der Waals surface area contributed by atoms with Gasteiger partial charge in [0.2, 0.25) is 0 Å². The van der Waals surface area contributed by atoms with Gasteiger partial charge in [0.05, 0.1) is 16.3 Å². The Morgan fingerprint density at radius 3 is 2.69 bits per heavy atom. The molecule has 0 spiro atoms. The molecule has 144 valence electrons. The van der Waals surface area contributed by atoms with Crippen molar-refractivity contribution in [3.05, 3.63) is 92.8 Å². The second-order valence-corrected chi connectivity index (χ2v) is 8.01. The Labute approximate surface area is 173 Å². The van der Waals surface area contributed by atoms with Crippen LogP contribution in [0.1, 0.15) is 10.6 Å². The van der Waals surface area contributed by atoms with E-state index in [-0.39, 0.29) is 10.6 Å². The first kappa shape index (κ1) is 19.1. The Hall–Kier alpha value is -3.28. The van der Waals surface area contributed by atoms with E-state index >= 15 is 0 Å². The Bertz CT molecular complexity index is 1170. The molecule has 1 N–H and O–H groups in total. The minimum absolute atomic E-state index is 0.00149. The Morgan fingerprint density at radius 2 is 1.97 bits per heavy atom. The molecule has 8 heteroatoms. The fourth-order valence-electron chi connectivity index (χ4n) is 2.95. The summed E-state index contributed by atoms with van der Waals surface area (Å²) in [5.41, 5.74) is 3.68. The quantitative estimate of drug-likeness (QED) is 0.238. The molecule has 2 aromatic heterocycles. The molecule has 0 amide bonds. The molecule has 4 rings (SSSR count). The number of nitro benzene ring substituents is 1. The normalized spacial score (nSPS) is 11.1. The number of anilines is 1. The van der Waals surface area contributed by atoms with Crippen molar-refractivity contribution in [3.8, 4) is 16.9 Å². The fourth-order valence-corrected chi connectivity index (χ4v) is 4.39. The minimum Gasteiger partial charge on any atom is -0.338 e. The van der Waals surface area contributed by atoms with Gasteiger partial charge < -0.3 is 5.09 Å². The predicted molar refractivity (Wildman–Crippen MR) is 120 cm³/mol. The second-order valence-electron chi connectivity index (χ2n) is 6.29. The van der Waals surface area contributed by atoms with Crippen LogP contribution in [0.15, 0.2) is 72.1 Å². The van der Waals surface area contributed by atoms with Crippen LogP contribution in [0.4, 0.5) is 11.4 Å². The summed E-state index contributed by atoms with van der Waals surface area (Å²) in [5, 5.41) is 21.5. The smallest absolute Gasteiger partial charge is 0.296 e. The van der Waals surface area contributed by atoms with Crippen molar-refractivity contribution in [2.24, 2.45) is 0 Å². The number of aryl methyl sites for hydroxylation is 1. The molecule has 0 aliphatic rings. The van der Waals surface area contributed by atoms with Crippen molar-refractivity contribution in [1.82, 2.24) is 9.78 Å². The number of aromatic nitrogens is 2. The van der Waals surface area contributed by atoms with E-state index in [1.165, 1.54) is 0 Å². The lowest BCUT2D eigenvalue weighted by atomic mass is 10.1. The summed E-state index contributed by atoms with van der Waals surface area (Å²) in [6.07, 6.45) is 0. The third kappa shape index (κ3) is 4.26. The molecule has 0 atom stereocenters. The number of hydrogen-bond donors (Lipinski definition) is 1. The lowest BCUT2D eigenvalue weighted by molar-refractivity contribution is -0.384. The molecule has 0 fully saturated rings. The number of nitrogens with one attached hydrogen (secondary N) is 1. The molecule has 4 aromatic rings. The molecule has 6 nitrogen and oxygen atoms in total. The highest BCUT2D eigenvalue weighted by molar-refractivity contribution is 7.42. The number of benzene rings is 2. The van der Waals surface area contributed by atoms with Crippen LogP contribution in [-0.4, -0.2) is 20.5 Å². The molecule has 0 bridgehead atoms. The summed E-state index contributed by atoms with van der Waals surface area (Å²) in [7, 11) is 0.854. The zero-order valence-corrected chi connectivity index (χ0v) is 17.2. The Kier molecular flexibility index (Phi) is 5.51. The standard InChI is InChI=1S/C21H17N4O2PS/c1-15-12-20(16-6-3-2-4-7-16)24(22-15)19-10-9-17(13-21(19)25(26)27)23-28-14-18-8-5-11-29-18/h2-14,23H,1H3. The average molecular weight is 420 g/mol. The van der Waals surface area contributed by atoms with Crippen LogP contribution >= 0.6 is 19.7 Å². The number of rotatable bonds is 6. The molecule has 0 saturated heterocycles. The SMILES string of the molecule is Cc1cc(-c2ccccc2)n(-c2ccc(NP=Cc3cccs3)cc2[N+](=O)[O-])n1. The van der Waals surface area contributed by atoms with Crippen LogP contribution in [-0.2, 0) is 0 Å². The highest BCUT2D eigenvalue weighted by Crippen LogP contribution is 2.31. The van der Waals surface area contributed by atoms with Gasteiger partial charge in [-0.3, -0.25) is 10.1 Å². The summed E-state index contributed by atoms with van der Waals surface area (Å²) in [5.74, 6) is 2.02. The lowest BCUT2D eigenvalue weighted by Gasteiger charge is -2.10. The van der Waals surface area contributed by atoms with Crippen LogP contribution in [0.5, 0.6) is 0 Å². The molecular formula is C21H17N4O2PS. The van der Waals surface area contributed by atoms with Gasteiger partial charge in [0.25, 0.3) is 5.69 Å². The van der Waals surface area contributed by atoms with Gasteiger partial charge in [0.1, 0.15) is 5.69 Å². The Morgan fingerprint density at radius 1 is 1.14 bits per heavy atom. The van der Waals surface area contributed by atoms with Crippen LogP contribution in [0.3, 0.4) is 0 Å². The highest BCUT2D eigenvalue weighted by atomic mass is 32.1. The van der Waals surface area contributed by atoms with Crippen molar-refractivity contribution in [1.29, 1.82) is 0 Å². The molecule has 0 radical (unpaired) electrons. The van der Waals surface area contributed by atoms with Gasteiger partial charge in [-0.05, 0) is 42.4 Å². The van der Waals surface area contributed by atoms with Gasteiger partial charge in [0.15, 0.2) is 0 Å². The van der Waals surface area contributed by atoms with E-state index in [0.717, 1.165) is 30.2 Å². The third-order valence-corrected chi connectivity index (χ3v) is 6.02. The van der Waals surface area contributed by atoms with Crippen molar-refractivity contribution in [2.45, 2.75) is 6.92 Å². The first-order valence-electron chi connectivity index (χ1n) is 8.85. The molecule has 29 heavy (non-hydrogen) atoms. The number of hydrogen-bond acceptors (Lipinski definition) is 5. The van der Waals surface area contributed by atoms with Crippen molar-refractivity contribution >= 4 is 36.9 Å². The molecule has 0 aliphatic heterocycles. The zero-order valence-electron chi connectivity index (χ0n) is 15.5. The summed E-state index contributed by atoms with van der Waals surface area (Å²) >= 11 is 1.65. The van der Waals surface area contributed by atoms with Gasteiger partial charge in [-0.2, -0.15) is 5.10 Å². The largest absolute Gasteiger partial charge is 0.338 e. The maximum Gasteiger partial charge on any atom is 0.296 e. The summed E-state index contributed by atoms with van der Waals surface area (Å²) in [4.78, 5) is 12.6. The molecule has 0 aliphatic carbocycles. The topological polar surface area (TPSA) is 73.0 Å². The van der Waals surface area contributed by atoms with Crippen molar-refractivity contribution in [3.63, 3.8) is 0 Å². The van der Waals surface area contributed by atoms with Crippen LogP contribution in [0.2, 0.25) is 0 Å². The predicted octanol–water partition coefficient (Wildman–Crippen LogP) is 5.94. The van der Waals surface area contributed by atoms with Gasteiger partial charge in [-0.25, -0.2) is 4.68 Å². The summed E-state index contributed by atoms with van der Waals surface area (Å²) in [6, 6.07) is 20.8. The van der Waals surface area contributed by atoms with E-state index in [1.54, 1.807) is 28.2 Å². The molecule has 0 saturated carbocycles. The van der Waals surface area contributed by atoms with E-state index < -0.39 is 0 Å². The van der Waals surface area contributed by atoms with Crippen molar-refractivity contribution < 1.29 is 4.92 Å². The van der Waals surface area contributed by atoms with Crippen LogP contribution in [0.25, 0.3) is 16.9 Å². The highest BCUT2D eigenvalue weighted by Gasteiger charge is 2.20. The first-order valence-corrected chi connectivity index (χ1v) is 10.7. The second kappa shape index (κ2) is 8.39. The minimum atomic E-state index is -0.369. The maximum absolute atomic E-state index is 11.8. The Balaban J connectivity index is 1.71. The summed E-state index contributed by atoms with van der Waals surface area (Å²) in [6.45, 7) is 1.88. The fraction of sp³-hybridized carbons (Fsp3) is 0.0476. The van der Waals surface area contributed by atoms with E-state index in [0.29, 0.717) is 11.4 Å². The average Bonchev–Trinajstić information content (AvgIpc) is 3.38. The van der Waals surface area contributed by atoms with E-state index in [1.807, 2.05) is 72.7 Å². The number of nitro groups is 1. The lowest BCUT2D eigenvalue weighted by Crippen LogP contribution is -2.04. The monoisotopic (exact) mass is 420 g/mol. The molecule has 2 aromatic carbocycles. The van der Waals surface area contributed by atoms with E-state index in [9.17, 15) is 10.1 Å². The zero-order chi connectivity index (χ0) is 20.2. The van der Waals surface area contributed by atoms with Gasteiger partial charge in [-0.15, -0.1) is 11.3 Å². The van der Waals surface area contributed by atoms with Gasteiger partial charge in [-0.1, -0.05) is 36.4 Å². The van der Waals surface area contributed by atoms with Gasteiger partial charge >= 0.3 is 0 Å². The molecular weight excluding hydrogens is 403 g/mol. The number of thiophene rings is 1. The number of nitrogens with zero attached hydrogens (tertiary/aromatic N) is 3. The third-order valence-electron chi connectivity index (χ3n) is 4.23. The van der Waals surface area contributed by atoms with E-state index in [2.05, 4.69) is 10.2 Å². The maximum atomic E-state index is 11.8. The van der Waals surface area contributed by atoms with E-state index in [4.69, 9.17) is 0 Å². The van der Waals surface area contributed by atoms with Crippen molar-refractivity contribution in [2.75, 3.05) is 5.09 Å². The van der Waals surface area contributed by atoms with Gasteiger partial charge in [0, 0.05) is 30.5 Å². The summed E-state index contributed by atoms with van der Waals surface area (Å²) < 4.78 is 1.64. The van der Waals surface area contributed by atoms with Crippen LogP contribution < -0.4 is 5.09 Å². The first-order chi connectivity index (χ1) is 14.1.